The summed E-state index contributed by atoms with van der Waals surface area (Å²) in [6, 6.07) is 8.23. The van der Waals surface area contributed by atoms with Crippen molar-refractivity contribution in [2.75, 3.05) is 20.3 Å². The van der Waals surface area contributed by atoms with E-state index in [9.17, 15) is 0 Å². The highest BCUT2D eigenvalue weighted by Crippen LogP contribution is 2.28. The van der Waals surface area contributed by atoms with E-state index in [2.05, 4.69) is 28.1 Å². The van der Waals surface area contributed by atoms with Crippen molar-refractivity contribution >= 4 is 15.9 Å². The van der Waals surface area contributed by atoms with E-state index in [1.165, 1.54) is 18.4 Å². The second kappa shape index (κ2) is 6.41. The molecule has 2 rings (SSSR count). The molecule has 1 aromatic rings. The summed E-state index contributed by atoms with van der Waals surface area (Å²) in [6.07, 6.45) is 3.43. The Morgan fingerprint density at radius 2 is 2.29 bits per heavy atom. The third-order valence-electron chi connectivity index (χ3n) is 3.31. The Kier molecular flexibility index (Phi) is 4.86. The molecular weight excluding hydrogens is 280 g/mol. The maximum atomic E-state index is 5.54. The molecule has 0 bridgehead atoms. The van der Waals surface area contributed by atoms with Crippen LogP contribution in [0.25, 0.3) is 0 Å². The van der Waals surface area contributed by atoms with Crippen molar-refractivity contribution in [3.63, 3.8) is 0 Å². The van der Waals surface area contributed by atoms with E-state index in [1.54, 1.807) is 7.11 Å². The molecule has 1 aliphatic heterocycles. The van der Waals surface area contributed by atoms with Gasteiger partial charge in [0.25, 0.3) is 0 Å². The van der Waals surface area contributed by atoms with Crippen molar-refractivity contribution in [3.05, 3.63) is 29.8 Å². The van der Waals surface area contributed by atoms with E-state index in [0.717, 1.165) is 25.4 Å². The molecule has 0 aromatic heterocycles. The van der Waals surface area contributed by atoms with Crippen molar-refractivity contribution in [1.29, 1.82) is 0 Å². The normalized spacial score (nSPS) is 22.1. The number of methoxy groups -OCH3 is 1. The quantitative estimate of drug-likeness (QED) is 0.793. The van der Waals surface area contributed by atoms with Gasteiger partial charge < -0.3 is 9.47 Å². The van der Waals surface area contributed by atoms with E-state index in [0.29, 0.717) is 10.7 Å². The van der Waals surface area contributed by atoms with Crippen LogP contribution in [0.3, 0.4) is 0 Å². The molecule has 2 nitrogen and oxygen atoms in total. The third kappa shape index (κ3) is 3.46. The lowest BCUT2D eigenvalue weighted by Gasteiger charge is -2.26. The highest BCUT2D eigenvalue weighted by molar-refractivity contribution is 9.09. The van der Waals surface area contributed by atoms with Crippen LogP contribution in [-0.4, -0.2) is 25.2 Å². The molecule has 0 spiro atoms. The summed E-state index contributed by atoms with van der Waals surface area (Å²) in [5.41, 5.74) is 1.27. The fraction of sp³-hybridized carbons (Fsp3) is 0.571. The number of halogens is 1. The highest BCUT2D eigenvalue weighted by atomic mass is 79.9. The monoisotopic (exact) mass is 298 g/mol. The molecule has 0 amide bonds. The lowest BCUT2D eigenvalue weighted by molar-refractivity contribution is 0.0547. The summed E-state index contributed by atoms with van der Waals surface area (Å²) in [4.78, 5) is 0.471. The molecule has 2 unspecified atom stereocenters. The average Bonchev–Trinajstić information content (AvgIpc) is 2.40. The molecule has 94 valence electrons. The first-order valence-corrected chi connectivity index (χ1v) is 7.06. The summed E-state index contributed by atoms with van der Waals surface area (Å²) >= 11 is 3.80. The molecule has 17 heavy (non-hydrogen) atoms. The number of hydrogen-bond acceptors (Lipinski definition) is 2. The van der Waals surface area contributed by atoms with Gasteiger partial charge in [0, 0.05) is 11.4 Å². The van der Waals surface area contributed by atoms with Crippen molar-refractivity contribution in [2.24, 2.45) is 5.92 Å². The summed E-state index contributed by atoms with van der Waals surface area (Å²) in [5, 5.41) is 0. The highest BCUT2D eigenvalue weighted by Gasteiger charge is 2.23. The van der Waals surface area contributed by atoms with Gasteiger partial charge in [-0.15, -0.1) is 0 Å². The van der Waals surface area contributed by atoms with E-state index in [4.69, 9.17) is 9.47 Å². The van der Waals surface area contributed by atoms with E-state index < -0.39 is 0 Å². The molecule has 0 radical (unpaired) electrons. The van der Waals surface area contributed by atoms with Crippen molar-refractivity contribution in [2.45, 2.75) is 24.1 Å². The molecule has 1 aliphatic rings. The average molecular weight is 299 g/mol. The minimum Gasteiger partial charge on any atom is -0.496 e. The Labute approximate surface area is 111 Å². The molecule has 0 aliphatic carbocycles. The smallest absolute Gasteiger partial charge is 0.122 e. The molecule has 1 aromatic carbocycles. The number of rotatable bonds is 4. The maximum absolute atomic E-state index is 5.54. The zero-order chi connectivity index (χ0) is 12.1. The van der Waals surface area contributed by atoms with Gasteiger partial charge in [0.05, 0.1) is 13.7 Å². The standard InChI is InChI=1S/C14H19BrO2/c1-16-14-7-3-2-5-11(14)9-13(15)12-6-4-8-17-10-12/h2-3,5,7,12-13H,4,6,8-10H2,1H3. The summed E-state index contributed by atoms with van der Waals surface area (Å²) in [6.45, 7) is 1.80. The number of hydrogen-bond donors (Lipinski definition) is 0. The second-order valence-corrected chi connectivity index (χ2v) is 5.69. The first-order valence-electron chi connectivity index (χ1n) is 6.15. The first-order chi connectivity index (χ1) is 8.31. The molecule has 1 fully saturated rings. The van der Waals surface area contributed by atoms with E-state index in [1.807, 2.05) is 12.1 Å². The molecule has 0 saturated carbocycles. The molecule has 1 heterocycles. The Morgan fingerprint density at radius 3 is 3.00 bits per heavy atom. The molecule has 1 saturated heterocycles. The number of benzene rings is 1. The van der Waals surface area contributed by atoms with Gasteiger partial charge in [0.2, 0.25) is 0 Å². The molecular formula is C14H19BrO2. The van der Waals surface area contributed by atoms with E-state index >= 15 is 0 Å². The van der Waals surface area contributed by atoms with Gasteiger partial charge in [0.1, 0.15) is 5.75 Å². The van der Waals surface area contributed by atoms with E-state index in [-0.39, 0.29) is 0 Å². The van der Waals surface area contributed by atoms with Gasteiger partial charge >= 0.3 is 0 Å². The van der Waals surface area contributed by atoms with Crippen molar-refractivity contribution in [3.8, 4) is 5.75 Å². The first kappa shape index (κ1) is 12.9. The Morgan fingerprint density at radius 1 is 1.47 bits per heavy atom. The SMILES string of the molecule is COc1ccccc1CC(Br)C1CCCOC1. The molecule has 2 atom stereocenters. The minimum absolute atomic E-state index is 0.471. The Bertz CT molecular complexity index is 348. The largest absolute Gasteiger partial charge is 0.496 e. The molecule has 3 heteroatoms. The lowest BCUT2D eigenvalue weighted by Crippen LogP contribution is -2.26. The number of alkyl halides is 1. The summed E-state index contributed by atoms with van der Waals surface area (Å²) in [7, 11) is 1.73. The summed E-state index contributed by atoms with van der Waals surface area (Å²) in [5.74, 6) is 1.60. The van der Waals surface area contributed by atoms with Crippen LogP contribution in [0.1, 0.15) is 18.4 Å². The molecule has 0 N–H and O–H groups in total. The number of ether oxygens (including phenoxy) is 2. The van der Waals surface area contributed by atoms with Crippen LogP contribution in [0.4, 0.5) is 0 Å². The zero-order valence-corrected chi connectivity index (χ0v) is 11.8. The van der Waals surface area contributed by atoms with Crippen LogP contribution in [-0.2, 0) is 11.2 Å². The van der Waals surface area contributed by atoms with Gasteiger partial charge in [-0.1, -0.05) is 34.1 Å². The van der Waals surface area contributed by atoms with Gasteiger partial charge in [-0.05, 0) is 36.8 Å². The van der Waals surface area contributed by atoms with Crippen LogP contribution in [0.15, 0.2) is 24.3 Å². The Balaban J connectivity index is 1.99. The topological polar surface area (TPSA) is 18.5 Å². The third-order valence-corrected chi connectivity index (χ3v) is 4.39. The van der Waals surface area contributed by atoms with Crippen molar-refractivity contribution in [1.82, 2.24) is 0 Å². The maximum Gasteiger partial charge on any atom is 0.122 e. The fourth-order valence-electron chi connectivity index (χ4n) is 2.30. The fourth-order valence-corrected chi connectivity index (χ4v) is 3.06. The minimum atomic E-state index is 0.471. The van der Waals surface area contributed by atoms with Crippen LogP contribution in [0.5, 0.6) is 5.75 Å². The van der Waals surface area contributed by atoms with Crippen LogP contribution in [0.2, 0.25) is 0 Å². The second-order valence-electron chi connectivity index (χ2n) is 4.51. The number of para-hydroxylation sites is 1. The lowest BCUT2D eigenvalue weighted by atomic mass is 9.94. The summed E-state index contributed by atoms with van der Waals surface area (Å²) < 4.78 is 10.9. The van der Waals surface area contributed by atoms with Crippen LogP contribution in [0, 0.1) is 5.92 Å². The predicted molar refractivity (Wildman–Crippen MR) is 73.0 cm³/mol. The van der Waals surface area contributed by atoms with Crippen molar-refractivity contribution < 1.29 is 9.47 Å². The predicted octanol–water partition coefficient (Wildman–Crippen LogP) is 3.43. The zero-order valence-electron chi connectivity index (χ0n) is 10.2. The van der Waals surface area contributed by atoms with Gasteiger partial charge in [0.15, 0.2) is 0 Å². The van der Waals surface area contributed by atoms with Gasteiger partial charge in [-0.3, -0.25) is 0 Å². The van der Waals surface area contributed by atoms with Gasteiger partial charge in [-0.25, -0.2) is 0 Å². The van der Waals surface area contributed by atoms with Gasteiger partial charge in [-0.2, -0.15) is 0 Å². The van der Waals surface area contributed by atoms with Crippen LogP contribution < -0.4 is 4.74 Å². The van der Waals surface area contributed by atoms with Crippen LogP contribution >= 0.6 is 15.9 Å². The Hall–Kier alpha value is -0.540.